The predicted molar refractivity (Wildman–Crippen MR) is 92.0 cm³/mol. The molecule has 1 aliphatic heterocycles. The summed E-state index contributed by atoms with van der Waals surface area (Å²) in [4.78, 5) is 14.7. The van der Waals surface area contributed by atoms with Crippen LogP contribution in [0.15, 0.2) is 53.9 Å². The summed E-state index contributed by atoms with van der Waals surface area (Å²) < 4.78 is 1.85. The molecular formula is C17H17N5S. The fourth-order valence-electron chi connectivity index (χ4n) is 2.61. The highest BCUT2D eigenvalue weighted by Gasteiger charge is 2.19. The SMILES string of the molecule is c1ccc(CNc2nc(-n3ccnc3)nc3c2SCCC3)cc1. The van der Waals surface area contributed by atoms with Gasteiger partial charge < -0.3 is 5.32 Å². The van der Waals surface area contributed by atoms with E-state index in [-0.39, 0.29) is 0 Å². The lowest BCUT2D eigenvalue weighted by Gasteiger charge is -2.19. The highest BCUT2D eigenvalue weighted by atomic mass is 32.2. The van der Waals surface area contributed by atoms with Gasteiger partial charge in [-0.3, -0.25) is 4.57 Å². The lowest BCUT2D eigenvalue weighted by Crippen LogP contribution is -2.13. The van der Waals surface area contributed by atoms with Gasteiger partial charge in [0.1, 0.15) is 12.1 Å². The van der Waals surface area contributed by atoms with Gasteiger partial charge in [-0.2, -0.15) is 4.98 Å². The van der Waals surface area contributed by atoms with Crippen molar-refractivity contribution in [3.63, 3.8) is 0 Å². The first-order valence-electron chi connectivity index (χ1n) is 7.70. The fourth-order valence-corrected chi connectivity index (χ4v) is 3.67. The van der Waals surface area contributed by atoms with Gasteiger partial charge >= 0.3 is 0 Å². The number of nitrogens with zero attached hydrogens (tertiary/aromatic N) is 4. The average Bonchev–Trinajstić information content (AvgIpc) is 3.15. The molecule has 0 bridgehead atoms. The van der Waals surface area contributed by atoms with Gasteiger partial charge in [-0.05, 0) is 24.2 Å². The van der Waals surface area contributed by atoms with Gasteiger partial charge in [-0.25, -0.2) is 9.97 Å². The van der Waals surface area contributed by atoms with Crippen molar-refractivity contribution in [1.82, 2.24) is 19.5 Å². The number of imidazole rings is 1. The van der Waals surface area contributed by atoms with Crippen molar-refractivity contribution >= 4 is 17.6 Å². The van der Waals surface area contributed by atoms with Crippen LogP contribution in [-0.4, -0.2) is 25.3 Å². The summed E-state index contributed by atoms with van der Waals surface area (Å²) in [5, 5.41) is 3.49. The third-order valence-electron chi connectivity index (χ3n) is 3.77. The minimum atomic E-state index is 0.680. The summed E-state index contributed by atoms with van der Waals surface area (Å²) in [5.41, 5.74) is 2.38. The molecule has 0 spiro atoms. The first kappa shape index (κ1) is 14.3. The van der Waals surface area contributed by atoms with Crippen LogP contribution >= 0.6 is 11.8 Å². The van der Waals surface area contributed by atoms with Gasteiger partial charge in [0, 0.05) is 18.9 Å². The van der Waals surface area contributed by atoms with Crippen LogP contribution < -0.4 is 5.32 Å². The summed E-state index contributed by atoms with van der Waals surface area (Å²) in [6, 6.07) is 10.4. The molecule has 4 rings (SSSR count). The molecule has 0 aliphatic carbocycles. The Balaban J connectivity index is 1.67. The molecule has 0 saturated heterocycles. The Morgan fingerprint density at radius 3 is 2.91 bits per heavy atom. The topological polar surface area (TPSA) is 55.6 Å². The second-order valence-electron chi connectivity index (χ2n) is 5.41. The van der Waals surface area contributed by atoms with E-state index in [1.54, 1.807) is 12.5 Å². The van der Waals surface area contributed by atoms with Crippen molar-refractivity contribution in [1.29, 1.82) is 0 Å². The predicted octanol–water partition coefficient (Wildman–Crippen LogP) is 3.31. The maximum atomic E-state index is 4.72. The second kappa shape index (κ2) is 6.42. The molecule has 0 saturated carbocycles. The molecule has 1 aliphatic rings. The summed E-state index contributed by atoms with van der Waals surface area (Å²) in [5.74, 6) is 2.73. The summed E-state index contributed by atoms with van der Waals surface area (Å²) >= 11 is 1.84. The van der Waals surface area contributed by atoms with E-state index in [4.69, 9.17) is 9.97 Å². The summed E-state index contributed by atoms with van der Waals surface area (Å²) in [6.45, 7) is 0.758. The van der Waals surface area contributed by atoms with Crippen LogP contribution in [-0.2, 0) is 13.0 Å². The van der Waals surface area contributed by atoms with Crippen LogP contribution in [0, 0.1) is 0 Å². The number of hydrogen-bond donors (Lipinski definition) is 1. The first-order valence-corrected chi connectivity index (χ1v) is 8.68. The number of rotatable bonds is 4. The molecule has 0 unspecified atom stereocenters. The van der Waals surface area contributed by atoms with Gasteiger partial charge in [0.2, 0.25) is 5.95 Å². The Hall–Kier alpha value is -2.34. The Morgan fingerprint density at radius 1 is 1.17 bits per heavy atom. The van der Waals surface area contributed by atoms with Crippen molar-refractivity contribution in [3.8, 4) is 5.95 Å². The van der Waals surface area contributed by atoms with E-state index in [0.717, 1.165) is 36.7 Å². The average molecular weight is 323 g/mol. The zero-order valence-corrected chi connectivity index (χ0v) is 13.5. The number of hydrogen-bond acceptors (Lipinski definition) is 5. The van der Waals surface area contributed by atoms with Gasteiger partial charge in [0.15, 0.2) is 0 Å². The first-order chi connectivity index (χ1) is 11.4. The van der Waals surface area contributed by atoms with Crippen molar-refractivity contribution in [3.05, 3.63) is 60.3 Å². The molecule has 1 N–H and O–H groups in total. The van der Waals surface area contributed by atoms with E-state index in [2.05, 4.69) is 34.6 Å². The molecule has 3 aromatic rings. The number of aryl methyl sites for hydroxylation is 1. The van der Waals surface area contributed by atoms with Gasteiger partial charge in [-0.15, -0.1) is 11.8 Å². The Kier molecular flexibility index (Phi) is 3.98. The Bertz CT molecular complexity index is 786. The maximum Gasteiger partial charge on any atom is 0.237 e. The van der Waals surface area contributed by atoms with Crippen LogP contribution in [0.1, 0.15) is 17.7 Å². The van der Waals surface area contributed by atoms with Crippen molar-refractivity contribution in [2.75, 3.05) is 11.1 Å². The van der Waals surface area contributed by atoms with Crippen molar-refractivity contribution < 1.29 is 0 Å². The van der Waals surface area contributed by atoms with Crippen LogP contribution in [0.5, 0.6) is 0 Å². The summed E-state index contributed by atoms with van der Waals surface area (Å²) in [6.07, 6.45) is 7.52. The fraction of sp³-hybridized carbons (Fsp3) is 0.235. The molecule has 0 atom stereocenters. The van der Waals surface area contributed by atoms with E-state index in [0.29, 0.717) is 5.95 Å². The molecular weight excluding hydrogens is 306 g/mol. The van der Waals surface area contributed by atoms with Crippen molar-refractivity contribution in [2.45, 2.75) is 24.3 Å². The smallest absolute Gasteiger partial charge is 0.237 e. The quantitative estimate of drug-likeness (QED) is 0.798. The Morgan fingerprint density at radius 2 is 2.09 bits per heavy atom. The molecule has 5 nitrogen and oxygen atoms in total. The van der Waals surface area contributed by atoms with Crippen LogP contribution in [0.4, 0.5) is 5.82 Å². The van der Waals surface area contributed by atoms with E-state index in [1.165, 1.54) is 10.5 Å². The number of nitrogens with one attached hydrogen (secondary N) is 1. The zero-order chi connectivity index (χ0) is 15.5. The molecule has 0 amide bonds. The summed E-state index contributed by atoms with van der Waals surface area (Å²) in [7, 11) is 0. The molecule has 6 heteroatoms. The van der Waals surface area contributed by atoms with Gasteiger partial charge in [0.25, 0.3) is 0 Å². The van der Waals surface area contributed by atoms with Crippen LogP contribution in [0.2, 0.25) is 0 Å². The van der Waals surface area contributed by atoms with E-state index in [1.807, 2.05) is 28.6 Å². The lowest BCUT2D eigenvalue weighted by molar-refractivity contribution is 0.798. The van der Waals surface area contributed by atoms with Gasteiger partial charge in [0.05, 0.1) is 10.6 Å². The lowest BCUT2D eigenvalue weighted by atomic mass is 10.2. The maximum absolute atomic E-state index is 4.72. The third-order valence-corrected chi connectivity index (χ3v) is 4.98. The number of fused-ring (bicyclic) bond motifs is 1. The molecule has 0 radical (unpaired) electrons. The van der Waals surface area contributed by atoms with E-state index in [9.17, 15) is 0 Å². The van der Waals surface area contributed by atoms with E-state index < -0.39 is 0 Å². The second-order valence-corrected chi connectivity index (χ2v) is 6.51. The van der Waals surface area contributed by atoms with Gasteiger partial charge in [-0.1, -0.05) is 30.3 Å². The number of anilines is 1. The standard InChI is InChI=1S/C17H17N5S/c1-2-5-13(6-3-1)11-19-16-15-14(7-4-10-23-15)20-17(21-16)22-9-8-18-12-22/h1-3,5-6,8-9,12H,4,7,10-11H2,(H,19,20,21). The molecule has 0 fully saturated rings. The highest BCUT2D eigenvalue weighted by Crippen LogP contribution is 2.34. The minimum absolute atomic E-state index is 0.680. The molecule has 3 heterocycles. The molecule has 23 heavy (non-hydrogen) atoms. The van der Waals surface area contributed by atoms with Crippen LogP contribution in [0.3, 0.4) is 0 Å². The molecule has 1 aromatic carbocycles. The minimum Gasteiger partial charge on any atom is -0.365 e. The normalized spacial score (nSPS) is 13.6. The monoisotopic (exact) mass is 323 g/mol. The Labute approximate surface area is 139 Å². The largest absolute Gasteiger partial charge is 0.365 e. The van der Waals surface area contributed by atoms with Crippen LogP contribution in [0.25, 0.3) is 5.95 Å². The highest BCUT2D eigenvalue weighted by molar-refractivity contribution is 7.99. The third kappa shape index (κ3) is 3.07. The number of benzene rings is 1. The number of aromatic nitrogens is 4. The number of thioether (sulfide) groups is 1. The van der Waals surface area contributed by atoms with E-state index >= 15 is 0 Å². The van der Waals surface area contributed by atoms with Crippen molar-refractivity contribution in [2.24, 2.45) is 0 Å². The molecule has 2 aromatic heterocycles. The molecule has 116 valence electrons. The zero-order valence-electron chi connectivity index (χ0n) is 12.6.